The number of aliphatic hydroxyl groups excluding tert-OH is 7. The van der Waals surface area contributed by atoms with Crippen molar-refractivity contribution in [3.05, 3.63) is 11.6 Å². The second-order valence-electron chi connectivity index (χ2n) is 17.8. The predicted molar refractivity (Wildman–Crippen MR) is 168 cm³/mol. The number of allylic oxidation sites excluding steroid dienone is 1. The van der Waals surface area contributed by atoms with E-state index in [1.807, 2.05) is 6.92 Å². The fourth-order valence-electron chi connectivity index (χ4n) is 12.1. The van der Waals surface area contributed by atoms with Gasteiger partial charge < -0.3 is 45.2 Å². The summed E-state index contributed by atoms with van der Waals surface area (Å²) in [6.45, 7) is 14.4. The fourth-order valence-corrected chi connectivity index (χ4v) is 12.1. The Morgan fingerprint density at radius 1 is 0.844 bits per heavy atom. The molecule has 0 aromatic heterocycles. The van der Waals surface area contributed by atoms with Crippen molar-refractivity contribution < 1.29 is 45.2 Å². The van der Waals surface area contributed by atoms with Crippen molar-refractivity contribution in [2.45, 2.75) is 148 Å². The first-order valence-electron chi connectivity index (χ1n) is 17.5. The summed E-state index contributed by atoms with van der Waals surface area (Å²) in [7, 11) is 0. The highest BCUT2D eigenvalue weighted by molar-refractivity contribution is 5.36. The van der Waals surface area contributed by atoms with Gasteiger partial charge in [0.25, 0.3) is 0 Å². The maximum Gasteiger partial charge on any atom is 0.164 e. The van der Waals surface area contributed by atoms with Crippen molar-refractivity contribution in [2.24, 2.45) is 50.7 Å². The third-order valence-electron chi connectivity index (χ3n) is 15.4. The van der Waals surface area contributed by atoms with Crippen LogP contribution in [-0.2, 0) is 9.47 Å². The minimum absolute atomic E-state index is 0.0708. The molecule has 0 aromatic carbocycles. The number of rotatable bonds is 4. The fraction of sp³-hybridized carbons (Fsp3) is 0.944. The third kappa shape index (κ3) is 4.51. The van der Waals surface area contributed by atoms with Gasteiger partial charge >= 0.3 is 0 Å². The van der Waals surface area contributed by atoms with Crippen LogP contribution in [0.1, 0.15) is 99.8 Å². The average molecular weight is 637 g/mol. The van der Waals surface area contributed by atoms with Crippen LogP contribution in [0.2, 0.25) is 0 Å². The molecule has 4 saturated carbocycles. The number of ether oxygens (including phenoxy) is 2. The van der Waals surface area contributed by atoms with Gasteiger partial charge in [-0.25, -0.2) is 0 Å². The smallest absolute Gasteiger partial charge is 0.164 e. The Morgan fingerprint density at radius 3 is 2.16 bits per heavy atom. The Bertz CT molecular complexity index is 1170. The first-order chi connectivity index (χ1) is 20.9. The Morgan fingerprint density at radius 2 is 1.51 bits per heavy atom. The van der Waals surface area contributed by atoms with Crippen molar-refractivity contribution in [3.63, 3.8) is 0 Å². The molecule has 9 nitrogen and oxygen atoms in total. The van der Waals surface area contributed by atoms with Crippen LogP contribution in [0.3, 0.4) is 0 Å². The number of fused-ring (bicyclic) bond motifs is 7. The van der Waals surface area contributed by atoms with Gasteiger partial charge in [0, 0.05) is 17.3 Å². The van der Waals surface area contributed by atoms with Crippen LogP contribution < -0.4 is 0 Å². The second-order valence-corrected chi connectivity index (χ2v) is 17.8. The Balaban J connectivity index is 1.41. The van der Waals surface area contributed by atoms with Gasteiger partial charge in [-0.1, -0.05) is 60.1 Å². The van der Waals surface area contributed by atoms with Crippen LogP contribution in [0.5, 0.6) is 0 Å². The lowest BCUT2D eigenvalue weighted by atomic mass is 9.34. The summed E-state index contributed by atoms with van der Waals surface area (Å²) in [6.07, 6.45) is 1.83. The highest BCUT2D eigenvalue weighted by Gasteiger charge is 2.71. The van der Waals surface area contributed by atoms with Crippen molar-refractivity contribution in [2.75, 3.05) is 13.2 Å². The lowest BCUT2D eigenvalue weighted by Crippen LogP contribution is -2.70. The molecule has 0 aromatic rings. The van der Waals surface area contributed by atoms with E-state index in [1.54, 1.807) is 6.92 Å². The van der Waals surface area contributed by atoms with Crippen molar-refractivity contribution in [1.29, 1.82) is 0 Å². The summed E-state index contributed by atoms with van der Waals surface area (Å²) in [6, 6.07) is 0. The molecule has 5 fully saturated rings. The third-order valence-corrected chi connectivity index (χ3v) is 15.4. The molecule has 1 saturated heterocycles. The second kappa shape index (κ2) is 10.9. The molecule has 0 amide bonds. The molecule has 9 heteroatoms. The standard InChI is InChI=1S/C36H60O9/c1-19-26(40)27(41)22(17-37)44-30(19)45-36-14-12-31(2,3)29(43)25(36)20-8-9-24-32(4)16-21(39)28(42)33(5,18-38)23(32)10-11-35(24,7)34(20,6)13-15-36/h8,19,21-30,37-43H,9-18H2,1-7H3. The van der Waals surface area contributed by atoms with Crippen molar-refractivity contribution in [3.8, 4) is 0 Å². The van der Waals surface area contributed by atoms with E-state index in [0.29, 0.717) is 12.8 Å². The van der Waals surface area contributed by atoms with Crippen molar-refractivity contribution >= 4 is 0 Å². The van der Waals surface area contributed by atoms with Gasteiger partial charge in [0.1, 0.15) is 12.2 Å². The highest BCUT2D eigenvalue weighted by Crippen LogP contribution is 2.75. The monoisotopic (exact) mass is 636 g/mol. The molecular formula is C36H60O9. The van der Waals surface area contributed by atoms with Gasteiger partial charge in [-0.15, -0.1) is 0 Å². The summed E-state index contributed by atoms with van der Waals surface area (Å²) >= 11 is 0. The van der Waals surface area contributed by atoms with E-state index in [4.69, 9.17) is 9.47 Å². The quantitative estimate of drug-likeness (QED) is 0.230. The molecular weight excluding hydrogens is 576 g/mol. The molecule has 6 aliphatic rings. The minimum Gasteiger partial charge on any atom is -0.396 e. The summed E-state index contributed by atoms with van der Waals surface area (Å²) in [5, 5.41) is 76.3. The van der Waals surface area contributed by atoms with E-state index >= 15 is 0 Å². The SMILES string of the molecule is CC1C(OC23CCC(C)(C)C(O)C2C2=CCC4C5(C)CC(O)C(O)C(C)(CO)C5CCC4(C)C2(C)CC3)OC(CO)C(O)C1O. The summed E-state index contributed by atoms with van der Waals surface area (Å²) < 4.78 is 13.1. The molecule has 0 spiro atoms. The first-order valence-corrected chi connectivity index (χ1v) is 17.5. The molecule has 16 atom stereocenters. The Labute approximate surface area is 269 Å². The van der Waals surface area contributed by atoms with Crippen LogP contribution >= 0.6 is 0 Å². The average Bonchev–Trinajstić information content (AvgIpc) is 2.99. The van der Waals surface area contributed by atoms with E-state index in [9.17, 15) is 35.7 Å². The topological polar surface area (TPSA) is 160 Å². The van der Waals surface area contributed by atoms with Crippen molar-refractivity contribution in [1.82, 2.24) is 0 Å². The molecule has 1 aliphatic heterocycles. The Kier molecular flexibility index (Phi) is 8.33. The molecule has 258 valence electrons. The number of aliphatic hydroxyl groups is 7. The summed E-state index contributed by atoms with van der Waals surface area (Å²) in [5.41, 5.74) is -1.30. The molecule has 0 bridgehead atoms. The maximum absolute atomic E-state index is 12.2. The van der Waals surface area contributed by atoms with E-state index in [1.165, 1.54) is 5.57 Å². The van der Waals surface area contributed by atoms with Crippen LogP contribution in [0.4, 0.5) is 0 Å². The van der Waals surface area contributed by atoms with Gasteiger partial charge in [-0.05, 0) is 84.9 Å². The zero-order valence-electron chi connectivity index (χ0n) is 28.4. The maximum atomic E-state index is 12.2. The molecule has 0 radical (unpaired) electrons. The highest BCUT2D eigenvalue weighted by atomic mass is 16.7. The molecule has 7 N–H and O–H groups in total. The van der Waals surface area contributed by atoms with E-state index in [-0.39, 0.29) is 46.0 Å². The Hall–Kier alpha value is -0.620. The first kappa shape index (κ1) is 34.3. The number of hydrogen-bond donors (Lipinski definition) is 7. The lowest BCUT2D eigenvalue weighted by molar-refractivity contribution is -0.336. The zero-order valence-corrected chi connectivity index (χ0v) is 28.4. The van der Waals surface area contributed by atoms with E-state index in [2.05, 4.69) is 40.7 Å². The van der Waals surface area contributed by atoms with Gasteiger partial charge in [0.05, 0.1) is 43.2 Å². The van der Waals surface area contributed by atoms with Crippen LogP contribution in [-0.4, -0.2) is 97.5 Å². The largest absolute Gasteiger partial charge is 0.396 e. The number of hydrogen-bond acceptors (Lipinski definition) is 9. The molecule has 6 rings (SSSR count). The lowest BCUT2D eigenvalue weighted by Gasteiger charge is -2.72. The van der Waals surface area contributed by atoms with Gasteiger partial charge in [0.2, 0.25) is 0 Å². The van der Waals surface area contributed by atoms with E-state index in [0.717, 1.165) is 38.5 Å². The van der Waals surface area contributed by atoms with Gasteiger partial charge in [0.15, 0.2) is 6.29 Å². The van der Waals surface area contributed by atoms with Crippen LogP contribution in [0, 0.1) is 50.7 Å². The molecule has 16 unspecified atom stereocenters. The molecule has 45 heavy (non-hydrogen) atoms. The van der Waals surface area contributed by atoms with Gasteiger partial charge in [-0.2, -0.15) is 0 Å². The van der Waals surface area contributed by atoms with Crippen LogP contribution in [0.25, 0.3) is 0 Å². The van der Waals surface area contributed by atoms with Crippen LogP contribution in [0.15, 0.2) is 11.6 Å². The van der Waals surface area contributed by atoms with Gasteiger partial charge in [-0.3, -0.25) is 0 Å². The van der Waals surface area contributed by atoms with E-state index < -0.39 is 66.5 Å². The summed E-state index contributed by atoms with van der Waals surface area (Å²) in [5.74, 6) is -0.528. The predicted octanol–water partition coefficient (Wildman–Crippen LogP) is 2.91. The molecule has 1 heterocycles. The summed E-state index contributed by atoms with van der Waals surface area (Å²) in [4.78, 5) is 0. The molecule has 5 aliphatic carbocycles. The normalized spacial score (nSPS) is 57.6. The minimum atomic E-state index is -1.20. The zero-order chi connectivity index (χ0) is 33.1.